The second-order valence-electron chi connectivity index (χ2n) is 5.08. The number of phenols is 2. The highest BCUT2D eigenvalue weighted by atomic mass is 35.5. The van der Waals surface area contributed by atoms with Crippen molar-refractivity contribution in [2.45, 2.75) is 6.92 Å². The number of thiophene rings is 1. The molecule has 0 aliphatic rings. The van der Waals surface area contributed by atoms with Crippen LogP contribution >= 0.6 is 22.9 Å². The first-order valence-electron chi connectivity index (χ1n) is 7.01. The van der Waals surface area contributed by atoms with Gasteiger partial charge in [0.15, 0.2) is 0 Å². The van der Waals surface area contributed by atoms with Crippen molar-refractivity contribution in [3.05, 3.63) is 57.9 Å². The Balaban J connectivity index is 1.84. The van der Waals surface area contributed by atoms with Crippen LogP contribution in [-0.2, 0) is 0 Å². The van der Waals surface area contributed by atoms with Crippen LogP contribution in [0.1, 0.15) is 22.2 Å². The molecular weight excluding hydrogens is 348 g/mol. The van der Waals surface area contributed by atoms with Crippen LogP contribution in [0, 0.1) is 0 Å². The lowest BCUT2D eigenvalue weighted by Gasteiger charge is -2.05. The Morgan fingerprint density at radius 3 is 2.67 bits per heavy atom. The highest BCUT2D eigenvalue weighted by molar-refractivity contribution is 7.21. The first-order chi connectivity index (χ1) is 11.5. The van der Waals surface area contributed by atoms with E-state index in [-0.39, 0.29) is 11.5 Å². The number of rotatable bonds is 3. The lowest BCUT2D eigenvalue weighted by molar-refractivity contribution is 0.0959. The highest BCUT2D eigenvalue weighted by Crippen LogP contribution is 2.35. The van der Waals surface area contributed by atoms with Crippen LogP contribution in [0.5, 0.6) is 11.5 Å². The van der Waals surface area contributed by atoms with Gasteiger partial charge in [-0.1, -0.05) is 29.8 Å². The van der Waals surface area contributed by atoms with E-state index in [0.717, 1.165) is 10.1 Å². The lowest BCUT2D eigenvalue weighted by Crippen LogP contribution is -2.18. The number of hydrogen-bond acceptors (Lipinski definition) is 5. The molecule has 24 heavy (non-hydrogen) atoms. The molecule has 1 amide bonds. The van der Waals surface area contributed by atoms with Crippen LogP contribution in [0.25, 0.3) is 10.1 Å². The first kappa shape index (κ1) is 16.3. The predicted molar refractivity (Wildman–Crippen MR) is 96.3 cm³/mol. The molecule has 3 rings (SSSR count). The normalized spacial score (nSPS) is 11.7. The van der Waals surface area contributed by atoms with Crippen LogP contribution in [-0.4, -0.2) is 21.8 Å². The molecule has 0 aliphatic heterocycles. The van der Waals surface area contributed by atoms with Gasteiger partial charge in [-0.05, 0) is 25.1 Å². The predicted octanol–water partition coefficient (Wildman–Crippen LogP) is 4.12. The Labute approximate surface area is 146 Å². The molecule has 3 aromatic rings. The monoisotopic (exact) mass is 360 g/mol. The third-order valence-corrected chi connectivity index (χ3v) is 5.11. The van der Waals surface area contributed by atoms with Gasteiger partial charge < -0.3 is 10.2 Å². The summed E-state index contributed by atoms with van der Waals surface area (Å²) in [7, 11) is 0. The van der Waals surface area contributed by atoms with E-state index in [4.69, 9.17) is 11.6 Å². The van der Waals surface area contributed by atoms with Crippen molar-refractivity contribution in [3.63, 3.8) is 0 Å². The number of hydrogen-bond donors (Lipinski definition) is 3. The van der Waals surface area contributed by atoms with Gasteiger partial charge in [0.2, 0.25) is 0 Å². The van der Waals surface area contributed by atoms with Crippen molar-refractivity contribution in [1.29, 1.82) is 0 Å². The number of hydrazone groups is 1. The zero-order chi connectivity index (χ0) is 17.3. The standard InChI is InChI=1S/C17H13ClN2O3S/c1-9(11-7-6-10(21)8-13(11)22)19-20-17(23)16-15(18)12-4-2-3-5-14(12)24-16/h2-8,21-22H,1H3,(H,20,23)/b19-9-. The summed E-state index contributed by atoms with van der Waals surface area (Å²) in [5.41, 5.74) is 3.26. The fourth-order valence-electron chi connectivity index (χ4n) is 2.23. The van der Waals surface area contributed by atoms with Gasteiger partial charge >= 0.3 is 0 Å². The van der Waals surface area contributed by atoms with Gasteiger partial charge in [-0.25, -0.2) is 5.43 Å². The van der Waals surface area contributed by atoms with Gasteiger partial charge in [-0.15, -0.1) is 11.3 Å². The number of carbonyl (C=O) groups excluding carboxylic acids is 1. The Kier molecular flexibility index (Phi) is 4.42. The molecule has 3 N–H and O–H groups in total. The van der Waals surface area contributed by atoms with Crippen molar-refractivity contribution in [1.82, 2.24) is 5.43 Å². The van der Waals surface area contributed by atoms with E-state index in [0.29, 0.717) is 21.2 Å². The van der Waals surface area contributed by atoms with Crippen molar-refractivity contribution < 1.29 is 15.0 Å². The molecule has 0 fully saturated rings. The largest absolute Gasteiger partial charge is 0.508 e. The Bertz CT molecular complexity index is 966. The SMILES string of the molecule is C/C(=N/NC(=O)c1sc2ccccc2c1Cl)c1ccc(O)cc1O. The molecule has 0 atom stereocenters. The number of fused-ring (bicyclic) bond motifs is 1. The maximum Gasteiger partial charge on any atom is 0.283 e. The number of phenolic OH excluding ortho intramolecular Hbond substituents is 2. The number of halogens is 1. The molecule has 7 heteroatoms. The molecule has 1 heterocycles. The quantitative estimate of drug-likeness (QED) is 0.485. The fraction of sp³-hybridized carbons (Fsp3) is 0.0588. The van der Waals surface area contributed by atoms with Crippen LogP contribution in [0.2, 0.25) is 5.02 Å². The van der Waals surface area contributed by atoms with Crippen molar-refractivity contribution in [2.75, 3.05) is 0 Å². The molecule has 2 aromatic carbocycles. The van der Waals surface area contributed by atoms with Gasteiger partial charge in [0.05, 0.1) is 10.7 Å². The topological polar surface area (TPSA) is 81.9 Å². The lowest BCUT2D eigenvalue weighted by atomic mass is 10.1. The summed E-state index contributed by atoms with van der Waals surface area (Å²) < 4.78 is 0.921. The zero-order valence-corrected chi connectivity index (χ0v) is 14.1. The Morgan fingerprint density at radius 1 is 1.21 bits per heavy atom. The van der Waals surface area contributed by atoms with Crippen LogP contribution < -0.4 is 5.43 Å². The minimum Gasteiger partial charge on any atom is -0.508 e. The summed E-state index contributed by atoms with van der Waals surface area (Å²) in [5.74, 6) is -0.589. The van der Waals surface area contributed by atoms with Gasteiger partial charge in [0.25, 0.3) is 5.91 Å². The second-order valence-corrected chi connectivity index (χ2v) is 6.51. The smallest absolute Gasteiger partial charge is 0.283 e. The van der Waals surface area contributed by atoms with E-state index in [9.17, 15) is 15.0 Å². The molecule has 122 valence electrons. The number of aromatic hydroxyl groups is 2. The van der Waals surface area contributed by atoms with Crippen LogP contribution in [0.15, 0.2) is 47.6 Å². The van der Waals surface area contributed by atoms with Gasteiger partial charge in [0, 0.05) is 21.7 Å². The number of nitrogens with one attached hydrogen (secondary N) is 1. The fourth-order valence-corrected chi connectivity index (χ4v) is 3.64. The molecule has 5 nitrogen and oxygen atoms in total. The minimum absolute atomic E-state index is 0.0508. The summed E-state index contributed by atoms with van der Waals surface area (Å²) in [5, 5.41) is 24.3. The molecule has 0 radical (unpaired) electrons. The number of carbonyl (C=O) groups is 1. The average molecular weight is 361 g/mol. The summed E-state index contributed by atoms with van der Waals surface area (Å²) in [6, 6.07) is 11.6. The summed E-state index contributed by atoms with van der Waals surface area (Å²) in [6.07, 6.45) is 0. The van der Waals surface area contributed by atoms with E-state index in [1.54, 1.807) is 6.92 Å². The molecule has 0 saturated heterocycles. The molecule has 0 spiro atoms. The maximum absolute atomic E-state index is 12.3. The summed E-state index contributed by atoms with van der Waals surface area (Å²) in [4.78, 5) is 12.7. The minimum atomic E-state index is -0.418. The van der Waals surface area contributed by atoms with Crippen LogP contribution in [0.4, 0.5) is 0 Å². The molecule has 0 bridgehead atoms. The first-order valence-corrected chi connectivity index (χ1v) is 8.21. The van der Waals surface area contributed by atoms with Crippen LogP contribution in [0.3, 0.4) is 0 Å². The molecule has 0 aliphatic carbocycles. The van der Waals surface area contributed by atoms with Crippen molar-refractivity contribution >= 4 is 44.6 Å². The Hall–Kier alpha value is -2.57. The van der Waals surface area contributed by atoms with E-state index in [2.05, 4.69) is 10.5 Å². The van der Waals surface area contributed by atoms with Crippen molar-refractivity contribution in [3.8, 4) is 11.5 Å². The highest BCUT2D eigenvalue weighted by Gasteiger charge is 2.16. The Morgan fingerprint density at radius 2 is 1.96 bits per heavy atom. The van der Waals surface area contributed by atoms with E-state index >= 15 is 0 Å². The third kappa shape index (κ3) is 3.06. The number of amides is 1. The molecule has 0 saturated carbocycles. The summed E-state index contributed by atoms with van der Waals surface area (Å²) >= 11 is 7.55. The van der Waals surface area contributed by atoms with Gasteiger partial charge in [-0.3, -0.25) is 4.79 Å². The maximum atomic E-state index is 12.3. The average Bonchev–Trinajstić information content (AvgIpc) is 2.90. The molecular formula is C17H13ClN2O3S. The third-order valence-electron chi connectivity index (χ3n) is 3.44. The number of benzene rings is 2. The van der Waals surface area contributed by atoms with Crippen molar-refractivity contribution in [2.24, 2.45) is 5.10 Å². The van der Waals surface area contributed by atoms with E-state index in [1.807, 2.05) is 24.3 Å². The van der Waals surface area contributed by atoms with Gasteiger partial charge in [0.1, 0.15) is 16.4 Å². The summed E-state index contributed by atoms with van der Waals surface area (Å²) in [6.45, 7) is 1.64. The zero-order valence-electron chi connectivity index (χ0n) is 12.6. The van der Waals surface area contributed by atoms with E-state index in [1.165, 1.54) is 29.5 Å². The second kappa shape index (κ2) is 6.51. The molecule has 0 unspecified atom stereocenters. The van der Waals surface area contributed by atoms with E-state index < -0.39 is 5.91 Å². The molecule has 1 aromatic heterocycles. The van der Waals surface area contributed by atoms with Gasteiger partial charge in [-0.2, -0.15) is 5.10 Å². The number of nitrogens with zero attached hydrogens (tertiary/aromatic N) is 1.